The van der Waals surface area contributed by atoms with E-state index in [1.54, 1.807) is 18.7 Å². The summed E-state index contributed by atoms with van der Waals surface area (Å²) >= 11 is 4.87. The van der Waals surface area contributed by atoms with E-state index in [9.17, 15) is 15.2 Å². The van der Waals surface area contributed by atoms with Crippen molar-refractivity contribution in [1.82, 2.24) is 4.98 Å². The Morgan fingerprint density at radius 2 is 2.32 bits per heavy atom. The molecular weight excluding hydrogens is 334 g/mol. The van der Waals surface area contributed by atoms with Crippen LogP contribution in [0.25, 0.3) is 0 Å². The molecule has 2 unspecified atom stereocenters. The number of rotatable bonds is 6. The van der Waals surface area contributed by atoms with Crippen molar-refractivity contribution in [2.45, 2.75) is 25.1 Å². The van der Waals surface area contributed by atoms with E-state index in [0.717, 1.165) is 0 Å². The average Bonchev–Trinajstić information content (AvgIpc) is 2.36. The minimum absolute atomic E-state index is 0.00958. The first-order valence-corrected chi connectivity index (χ1v) is 7.70. The smallest absolute Gasteiger partial charge is 0.291 e. The van der Waals surface area contributed by atoms with Crippen LogP contribution in [0.5, 0.6) is 0 Å². The summed E-state index contributed by atoms with van der Waals surface area (Å²) in [5.74, 6) is 0.545. The Bertz CT molecular complexity index is 469. The van der Waals surface area contributed by atoms with E-state index < -0.39 is 4.92 Å². The molecule has 0 aromatic carbocycles. The summed E-state index contributed by atoms with van der Waals surface area (Å²) < 4.78 is 0.575. The summed E-state index contributed by atoms with van der Waals surface area (Å²) in [6.07, 6.45) is 3.16. The number of nitrogens with zero attached hydrogens (tertiary/aromatic N) is 2. The quantitative estimate of drug-likeness (QED) is 0.606. The van der Waals surface area contributed by atoms with Crippen molar-refractivity contribution < 1.29 is 10.0 Å². The zero-order valence-electron chi connectivity index (χ0n) is 10.9. The van der Waals surface area contributed by atoms with Crippen LogP contribution < -0.4 is 5.32 Å². The number of hydrogen-bond donors (Lipinski definition) is 2. The lowest BCUT2D eigenvalue weighted by molar-refractivity contribution is -0.385. The summed E-state index contributed by atoms with van der Waals surface area (Å²) in [6.45, 7) is 3.65. The molecule has 1 aromatic heterocycles. The second-order valence-electron chi connectivity index (χ2n) is 4.08. The average molecular weight is 350 g/mol. The first-order valence-electron chi connectivity index (χ1n) is 5.62. The molecule has 0 bridgehead atoms. The molecule has 2 N–H and O–H groups in total. The van der Waals surface area contributed by atoms with Gasteiger partial charge in [0.15, 0.2) is 0 Å². The predicted molar refractivity (Wildman–Crippen MR) is 80.8 cm³/mol. The topological polar surface area (TPSA) is 88.3 Å². The summed E-state index contributed by atoms with van der Waals surface area (Å²) in [7, 11) is 0. The van der Waals surface area contributed by atoms with Crippen molar-refractivity contribution in [2.24, 2.45) is 0 Å². The molecule has 0 aliphatic heterocycles. The number of pyridine rings is 1. The number of anilines is 1. The molecule has 0 aliphatic carbocycles. The third kappa shape index (κ3) is 3.80. The Morgan fingerprint density at radius 1 is 1.68 bits per heavy atom. The highest BCUT2D eigenvalue weighted by molar-refractivity contribution is 9.10. The summed E-state index contributed by atoms with van der Waals surface area (Å²) in [4.78, 5) is 14.4. The fourth-order valence-electron chi connectivity index (χ4n) is 1.60. The van der Waals surface area contributed by atoms with Gasteiger partial charge in [0, 0.05) is 16.9 Å². The summed E-state index contributed by atoms with van der Waals surface area (Å²) in [6, 6.07) is -0.00958. The minimum Gasteiger partial charge on any atom is -0.395 e. The first-order chi connectivity index (χ1) is 8.92. The van der Waals surface area contributed by atoms with Gasteiger partial charge in [-0.05, 0) is 36.0 Å². The highest BCUT2D eigenvalue weighted by Gasteiger charge is 2.20. The Kier molecular flexibility index (Phi) is 6.02. The monoisotopic (exact) mass is 349 g/mol. The molecule has 1 rings (SSSR count). The van der Waals surface area contributed by atoms with E-state index in [2.05, 4.69) is 26.2 Å². The van der Waals surface area contributed by atoms with Crippen molar-refractivity contribution in [2.75, 3.05) is 18.2 Å². The van der Waals surface area contributed by atoms with Crippen LogP contribution in [-0.2, 0) is 0 Å². The van der Waals surface area contributed by atoms with Gasteiger partial charge in [0.25, 0.3) is 5.69 Å². The van der Waals surface area contributed by atoms with E-state index in [0.29, 0.717) is 15.9 Å². The van der Waals surface area contributed by atoms with Crippen molar-refractivity contribution in [3.05, 3.63) is 26.3 Å². The number of nitrogens with one attached hydrogen (secondary N) is 1. The summed E-state index contributed by atoms with van der Waals surface area (Å²) in [5, 5.41) is 23.2. The van der Waals surface area contributed by atoms with Crippen LogP contribution in [0.15, 0.2) is 10.7 Å². The first kappa shape index (κ1) is 16.2. The van der Waals surface area contributed by atoms with E-state index in [1.165, 1.54) is 6.20 Å². The van der Waals surface area contributed by atoms with Gasteiger partial charge in [-0.3, -0.25) is 10.1 Å². The van der Waals surface area contributed by atoms with Gasteiger partial charge in [0.1, 0.15) is 12.0 Å². The second kappa shape index (κ2) is 7.06. The number of halogens is 1. The lowest BCUT2D eigenvalue weighted by Gasteiger charge is -2.22. The van der Waals surface area contributed by atoms with Gasteiger partial charge in [-0.2, -0.15) is 11.8 Å². The lowest BCUT2D eigenvalue weighted by Crippen LogP contribution is -2.31. The van der Waals surface area contributed by atoms with Crippen LogP contribution in [0.3, 0.4) is 0 Å². The molecule has 0 saturated carbocycles. The molecule has 19 heavy (non-hydrogen) atoms. The normalized spacial score (nSPS) is 13.9. The van der Waals surface area contributed by atoms with E-state index in [1.807, 2.05) is 13.2 Å². The van der Waals surface area contributed by atoms with Gasteiger partial charge in [0.05, 0.1) is 16.0 Å². The number of aromatic nitrogens is 1. The Labute approximate surface area is 124 Å². The van der Waals surface area contributed by atoms with Crippen LogP contribution in [0.2, 0.25) is 0 Å². The molecule has 0 saturated heterocycles. The zero-order valence-corrected chi connectivity index (χ0v) is 13.3. The van der Waals surface area contributed by atoms with E-state index >= 15 is 0 Å². The maximum Gasteiger partial charge on any atom is 0.291 e. The second-order valence-corrected chi connectivity index (χ2v) is 5.95. The third-order valence-corrected chi connectivity index (χ3v) is 4.97. The molecule has 2 atom stereocenters. The molecule has 1 aromatic rings. The van der Waals surface area contributed by atoms with Gasteiger partial charge in [0.2, 0.25) is 0 Å². The minimum atomic E-state index is -0.460. The van der Waals surface area contributed by atoms with Crippen molar-refractivity contribution >= 4 is 39.2 Å². The van der Waals surface area contributed by atoms with Crippen LogP contribution >= 0.6 is 27.7 Å². The summed E-state index contributed by atoms with van der Waals surface area (Å²) in [5.41, 5.74) is 0.507. The van der Waals surface area contributed by atoms with Gasteiger partial charge >= 0.3 is 0 Å². The SMILES string of the molecule is CSC(CO)C(C)Nc1ncc([N+](=O)[O-])c(C)c1Br. The highest BCUT2D eigenvalue weighted by atomic mass is 79.9. The van der Waals surface area contributed by atoms with Crippen LogP contribution in [-0.4, -0.2) is 39.2 Å². The fourth-order valence-corrected chi connectivity index (χ4v) is 2.64. The molecule has 0 radical (unpaired) electrons. The zero-order chi connectivity index (χ0) is 14.6. The largest absolute Gasteiger partial charge is 0.395 e. The van der Waals surface area contributed by atoms with E-state index in [4.69, 9.17) is 0 Å². The molecule has 1 heterocycles. The van der Waals surface area contributed by atoms with Crippen LogP contribution in [0.4, 0.5) is 11.5 Å². The highest BCUT2D eigenvalue weighted by Crippen LogP contribution is 2.31. The maximum absolute atomic E-state index is 10.8. The number of nitro groups is 1. The van der Waals surface area contributed by atoms with Gasteiger partial charge < -0.3 is 10.4 Å². The Morgan fingerprint density at radius 3 is 2.79 bits per heavy atom. The number of thioether (sulfide) groups is 1. The van der Waals surface area contributed by atoms with Crippen molar-refractivity contribution in [3.63, 3.8) is 0 Å². The number of hydrogen-bond acceptors (Lipinski definition) is 6. The van der Waals surface area contributed by atoms with E-state index in [-0.39, 0.29) is 23.6 Å². The molecule has 0 fully saturated rings. The fraction of sp³-hybridized carbons (Fsp3) is 0.545. The van der Waals surface area contributed by atoms with Crippen molar-refractivity contribution in [3.8, 4) is 0 Å². The van der Waals surface area contributed by atoms with Gasteiger partial charge in [-0.1, -0.05) is 0 Å². The predicted octanol–water partition coefficient (Wildman–Crippen LogP) is 2.59. The molecule has 0 aliphatic rings. The molecule has 0 amide bonds. The van der Waals surface area contributed by atoms with Crippen LogP contribution in [0, 0.1) is 17.0 Å². The van der Waals surface area contributed by atoms with Crippen LogP contribution in [0.1, 0.15) is 12.5 Å². The molecule has 6 nitrogen and oxygen atoms in total. The van der Waals surface area contributed by atoms with Crippen molar-refractivity contribution in [1.29, 1.82) is 0 Å². The molecule has 106 valence electrons. The number of aliphatic hydroxyl groups is 1. The van der Waals surface area contributed by atoms with Gasteiger partial charge in [-0.25, -0.2) is 4.98 Å². The Balaban J connectivity index is 2.97. The van der Waals surface area contributed by atoms with Gasteiger partial charge in [-0.15, -0.1) is 0 Å². The molecule has 0 spiro atoms. The third-order valence-electron chi connectivity index (χ3n) is 2.84. The lowest BCUT2D eigenvalue weighted by atomic mass is 10.2. The molecular formula is C11H16BrN3O3S. The molecule has 8 heteroatoms. The standard InChI is InChI=1S/C11H16BrN3O3S/c1-6-8(15(17)18)4-13-11(10(6)12)14-7(2)9(5-16)19-3/h4,7,9,16H,5H2,1-3H3,(H,13,14). The maximum atomic E-state index is 10.8. The Hall–Kier alpha value is -0.860. The number of aliphatic hydroxyl groups excluding tert-OH is 1.